The van der Waals surface area contributed by atoms with E-state index in [-0.39, 0.29) is 29.7 Å². The average Bonchev–Trinajstić information content (AvgIpc) is 3.16. The summed E-state index contributed by atoms with van der Waals surface area (Å²) in [6.45, 7) is 7.86. The molecule has 0 bridgehead atoms. The Morgan fingerprint density at radius 3 is 2.21 bits per heavy atom. The van der Waals surface area contributed by atoms with Gasteiger partial charge in [0.25, 0.3) is 0 Å². The summed E-state index contributed by atoms with van der Waals surface area (Å²) >= 11 is 0. The van der Waals surface area contributed by atoms with Crippen molar-refractivity contribution >= 4 is 23.7 Å². The predicted octanol–water partition coefficient (Wildman–Crippen LogP) is 4.40. The number of hydrogen-bond donors (Lipinski definition) is 0. The van der Waals surface area contributed by atoms with Gasteiger partial charge in [0.05, 0.1) is 18.1 Å². The van der Waals surface area contributed by atoms with E-state index in [1.54, 1.807) is 24.3 Å². The van der Waals surface area contributed by atoms with Gasteiger partial charge >= 0.3 is 7.12 Å². The average molecular weight is 325 g/mol. The Balaban J connectivity index is 1.78. The lowest BCUT2D eigenvalue weighted by atomic mass is 9.86. The molecule has 122 valence electrons. The fraction of sp³-hybridized carbons (Fsp3) is 0.300. The summed E-state index contributed by atoms with van der Waals surface area (Å²) in [6.07, 6.45) is 0. The van der Waals surface area contributed by atoms with Crippen molar-refractivity contribution in [1.82, 2.24) is 0 Å². The van der Waals surface area contributed by atoms with Gasteiger partial charge in [0.15, 0.2) is 0 Å². The van der Waals surface area contributed by atoms with Gasteiger partial charge in [-0.05, 0) is 57.0 Å². The lowest BCUT2D eigenvalue weighted by Crippen LogP contribution is -2.41. The van der Waals surface area contributed by atoms with Gasteiger partial charge in [0.1, 0.15) is 11.2 Å². The van der Waals surface area contributed by atoms with Gasteiger partial charge in [-0.3, -0.25) is 0 Å². The molecule has 3 nitrogen and oxygen atoms in total. The minimum atomic E-state index is -0.642. The van der Waals surface area contributed by atoms with Crippen LogP contribution in [0.4, 0.5) is 0 Å². The van der Waals surface area contributed by atoms with Crippen LogP contribution in [0.25, 0.3) is 22.1 Å². The van der Waals surface area contributed by atoms with Crippen LogP contribution in [0, 0.1) is 0 Å². The molecule has 0 saturated carbocycles. The second kappa shape index (κ2) is 5.23. The molecule has 4 rings (SSSR count). The third-order valence-electron chi connectivity index (χ3n) is 4.81. The summed E-state index contributed by atoms with van der Waals surface area (Å²) in [5.74, 6) is 0. The maximum Gasteiger partial charge on any atom is 0.532 e. The zero-order valence-electron chi connectivity index (χ0n) is 19.1. The van der Waals surface area contributed by atoms with Crippen LogP contribution in [0.1, 0.15) is 34.5 Å². The van der Waals surface area contributed by atoms with Crippen molar-refractivity contribution in [3.63, 3.8) is 0 Å². The maximum atomic E-state index is 8.17. The number of hydrogen-bond acceptors (Lipinski definition) is 3. The molecule has 1 aromatic heterocycles. The first-order chi connectivity index (χ1) is 13.4. The Hall–Kier alpha value is -2.04. The van der Waals surface area contributed by atoms with Crippen LogP contribution in [0.3, 0.4) is 0 Å². The van der Waals surface area contributed by atoms with Crippen LogP contribution in [0.15, 0.2) is 58.9 Å². The van der Waals surface area contributed by atoms with Crippen molar-refractivity contribution in [2.24, 2.45) is 0 Å². The van der Waals surface area contributed by atoms with Gasteiger partial charge in [0, 0.05) is 5.39 Å². The van der Waals surface area contributed by atoms with Crippen molar-refractivity contribution in [3.8, 4) is 11.1 Å². The van der Waals surface area contributed by atoms with Gasteiger partial charge in [-0.15, -0.1) is 0 Å². The first-order valence-corrected chi connectivity index (χ1v) is 7.89. The summed E-state index contributed by atoms with van der Waals surface area (Å²) in [7, 11) is -0.642. The molecule has 2 heterocycles. The molecule has 1 aliphatic heterocycles. The first-order valence-electron chi connectivity index (χ1n) is 10.4. The molecule has 0 atom stereocenters. The van der Waals surface area contributed by atoms with Crippen LogP contribution in [-0.4, -0.2) is 18.3 Å². The lowest BCUT2D eigenvalue weighted by molar-refractivity contribution is 0.00578. The SMILES string of the molecule is [2H]c1c([2H])c([2H])c(-c2ccc3oc(B4OC(C)(C)C(C)(C)O4)cc3c2)c([2H])c1[2H]. The van der Waals surface area contributed by atoms with Crippen molar-refractivity contribution in [2.45, 2.75) is 38.9 Å². The van der Waals surface area contributed by atoms with Crippen LogP contribution in [-0.2, 0) is 9.31 Å². The molecule has 1 aliphatic rings. The van der Waals surface area contributed by atoms with Gasteiger partial charge in [-0.25, -0.2) is 0 Å². The zero-order valence-corrected chi connectivity index (χ0v) is 14.1. The van der Waals surface area contributed by atoms with E-state index < -0.39 is 24.4 Å². The van der Waals surface area contributed by atoms with E-state index in [0.717, 1.165) is 5.39 Å². The standard InChI is InChI=1S/C20H21BO3/c1-19(2)20(3,4)24-21(23-19)18-13-16-12-15(10-11-17(16)22-18)14-8-6-5-7-9-14/h5-13H,1-4H3/i5D,6D,7D,8D,9D. The Bertz CT molecular complexity index is 1090. The molecule has 24 heavy (non-hydrogen) atoms. The molecule has 0 aliphatic carbocycles. The third-order valence-corrected chi connectivity index (χ3v) is 4.81. The molecule has 0 unspecified atom stereocenters. The molecule has 1 saturated heterocycles. The number of fused-ring (bicyclic) bond motifs is 1. The predicted molar refractivity (Wildman–Crippen MR) is 97.4 cm³/mol. The van der Waals surface area contributed by atoms with Crippen LogP contribution < -0.4 is 5.66 Å². The van der Waals surface area contributed by atoms with Crippen LogP contribution in [0.5, 0.6) is 0 Å². The summed E-state index contributed by atoms with van der Waals surface area (Å²) in [5.41, 5.74) is 0.833. The highest BCUT2D eigenvalue weighted by atomic mass is 16.7. The quantitative estimate of drug-likeness (QED) is 0.655. The van der Waals surface area contributed by atoms with Crippen molar-refractivity contribution in [2.75, 3.05) is 0 Å². The normalized spacial score (nSPS) is 22.0. The summed E-state index contributed by atoms with van der Waals surface area (Å²) in [6, 6.07) is 5.38. The molecular formula is C20H21BO3. The van der Waals surface area contributed by atoms with E-state index in [9.17, 15) is 0 Å². The maximum absolute atomic E-state index is 8.17. The molecular weight excluding hydrogens is 299 g/mol. The molecule has 4 heteroatoms. The van der Waals surface area contributed by atoms with E-state index >= 15 is 0 Å². The number of furan rings is 1. The summed E-state index contributed by atoms with van der Waals surface area (Å²) < 4.78 is 57.8. The summed E-state index contributed by atoms with van der Waals surface area (Å²) in [5, 5.41) is 0.735. The Morgan fingerprint density at radius 2 is 1.54 bits per heavy atom. The molecule has 3 aromatic rings. The second-order valence-electron chi connectivity index (χ2n) is 6.99. The fourth-order valence-corrected chi connectivity index (χ4v) is 2.69. The molecule has 0 N–H and O–H groups in total. The smallest absolute Gasteiger partial charge is 0.465 e. The molecule has 0 radical (unpaired) electrons. The van der Waals surface area contributed by atoms with Crippen LogP contribution >= 0.6 is 0 Å². The lowest BCUT2D eigenvalue weighted by Gasteiger charge is -2.32. The Labute approximate surface area is 149 Å². The van der Waals surface area contributed by atoms with Crippen molar-refractivity contribution in [1.29, 1.82) is 0 Å². The third kappa shape index (κ3) is 2.47. The topological polar surface area (TPSA) is 31.6 Å². The number of rotatable bonds is 2. The van der Waals surface area contributed by atoms with Crippen molar-refractivity contribution in [3.05, 3.63) is 54.5 Å². The Kier molecular flexibility index (Phi) is 2.34. The molecule has 0 spiro atoms. The molecule has 0 amide bonds. The van der Waals surface area contributed by atoms with E-state index in [2.05, 4.69) is 0 Å². The minimum Gasteiger partial charge on any atom is -0.465 e. The largest absolute Gasteiger partial charge is 0.532 e. The minimum absolute atomic E-state index is 0.163. The van der Waals surface area contributed by atoms with Crippen LogP contribution in [0.2, 0.25) is 0 Å². The highest BCUT2D eigenvalue weighted by molar-refractivity contribution is 6.61. The highest BCUT2D eigenvalue weighted by Crippen LogP contribution is 2.37. The highest BCUT2D eigenvalue weighted by Gasteiger charge is 2.53. The number of benzene rings is 2. The van der Waals surface area contributed by atoms with Gasteiger partial charge in [0.2, 0.25) is 0 Å². The summed E-state index contributed by atoms with van der Waals surface area (Å²) in [4.78, 5) is 0. The monoisotopic (exact) mass is 325 g/mol. The Morgan fingerprint density at radius 1 is 0.875 bits per heavy atom. The van der Waals surface area contributed by atoms with Crippen molar-refractivity contribution < 1.29 is 20.6 Å². The van der Waals surface area contributed by atoms with Gasteiger partial charge in [-0.2, -0.15) is 0 Å². The zero-order chi connectivity index (χ0) is 21.3. The van der Waals surface area contributed by atoms with Gasteiger partial charge in [-0.1, -0.05) is 36.3 Å². The molecule has 2 aromatic carbocycles. The van der Waals surface area contributed by atoms with E-state index in [0.29, 0.717) is 16.8 Å². The second-order valence-corrected chi connectivity index (χ2v) is 6.99. The van der Waals surface area contributed by atoms with E-state index in [4.69, 9.17) is 20.6 Å². The van der Waals surface area contributed by atoms with E-state index in [1.165, 1.54) is 0 Å². The first kappa shape index (κ1) is 10.8. The van der Waals surface area contributed by atoms with Gasteiger partial charge < -0.3 is 13.7 Å². The molecule has 1 fully saturated rings. The fourth-order valence-electron chi connectivity index (χ4n) is 2.69. The van der Waals surface area contributed by atoms with E-state index in [1.807, 2.05) is 27.7 Å².